The van der Waals surface area contributed by atoms with E-state index in [1.54, 1.807) is 0 Å². The van der Waals surface area contributed by atoms with Gasteiger partial charge in [-0.25, -0.2) is 10.3 Å². The molecule has 0 bridgehead atoms. The van der Waals surface area contributed by atoms with Gasteiger partial charge in [0.1, 0.15) is 0 Å². The normalized spacial score (nSPS) is 9.53. The number of ether oxygens (including phenoxy) is 1. The van der Waals surface area contributed by atoms with Gasteiger partial charge in [-0.3, -0.25) is 15.3 Å². The van der Waals surface area contributed by atoms with Crippen molar-refractivity contribution in [2.75, 3.05) is 11.9 Å². The lowest BCUT2D eigenvalue weighted by Gasteiger charge is -2.06. The van der Waals surface area contributed by atoms with Crippen LogP contribution in [0.1, 0.15) is 23.7 Å². The lowest BCUT2D eigenvalue weighted by Crippen LogP contribution is -2.18. The van der Waals surface area contributed by atoms with Crippen LogP contribution in [0.15, 0.2) is 24.3 Å². The Kier molecular flexibility index (Phi) is 4.96. The van der Waals surface area contributed by atoms with Crippen LogP contribution in [-0.4, -0.2) is 23.8 Å². The molecule has 17 heavy (non-hydrogen) atoms. The van der Waals surface area contributed by atoms with Crippen molar-refractivity contribution in [3.05, 3.63) is 29.8 Å². The van der Waals surface area contributed by atoms with Crippen LogP contribution < -0.4 is 10.8 Å². The van der Waals surface area contributed by atoms with E-state index in [-0.39, 0.29) is 0 Å². The van der Waals surface area contributed by atoms with Crippen molar-refractivity contribution < 1.29 is 19.5 Å². The van der Waals surface area contributed by atoms with Gasteiger partial charge in [0.15, 0.2) is 0 Å². The van der Waals surface area contributed by atoms with E-state index in [4.69, 9.17) is 9.94 Å². The third-order valence-electron chi connectivity index (χ3n) is 1.93. The van der Waals surface area contributed by atoms with Crippen molar-refractivity contribution in [2.24, 2.45) is 0 Å². The lowest BCUT2D eigenvalue weighted by atomic mass is 10.2. The summed E-state index contributed by atoms with van der Waals surface area (Å²) in [6.07, 6.45) is 0.217. The molecule has 1 rings (SSSR count). The SMILES string of the molecule is CCCOC(=O)Nc1ccc(C(=O)NO)cc1. The average molecular weight is 238 g/mol. The molecule has 6 heteroatoms. The molecule has 3 N–H and O–H groups in total. The number of anilines is 1. The molecule has 0 spiro atoms. The predicted octanol–water partition coefficient (Wildman–Crippen LogP) is 1.76. The fraction of sp³-hybridized carbons (Fsp3) is 0.273. The van der Waals surface area contributed by atoms with Crippen molar-refractivity contribution in [2.45, 2.75) is 13.3 Å². The molecule has 0 aliphatic rings. The van der Waals surface area contributed by atoms with Crippen molar-refractivity contribution in [3.8, 4) is 0 Å². The van der Waals surface area contributed by atoms with Crippen LogP contribution in [0, 0.1) is 0 Å². The van der Waals surface area contributed by atoms with Crippen molar-refractivity contribution in [1.82, 2.24) is 5.48 Å². The molecule has 0 saturated carbocycles. The first kappa shape index (κ1) is 13.0. The zero-order valence-electron chi connectivity index (χ0n) is 9.40. The van der Waals surface area contributed by atoms with Gasteiger partial charge in [-0.05, 0) is 30.7 Å². The molecule has 0 unspecified atom stereocenters. The number of hydroxylamine groups is 1. The van der Waals surface area contributed by atoms with E-state index in [1.165, 1.54) is 29.7 Å². The number of nitrogens with one attached hydrogen (secondary N) is 2. The van der Waals surface area contributed by atoms with Gasteiger partial charge in [0.2, 0.25) is 0 Å². The van der Waals surface area contributed by atoms with Crippen LogP contribution in [0.5, 0.6) is 0 Å². The highest BCUT2D eigenvalue weighted by Gasteiger charge is 2.05. The fourth-order valence-corrected chi connectivity index (χ4v) is 1.12. The summed E-state index contributed by atoms with van der Waals surface area (Å²) in [7, 11) is 0. The first-order valence-corrected chi connectivity index (χ1v) is 5.15. The molecule has 0 saturated heterocycles. The maximum absolute atomic E-state index is 11.2. The van der Waals surface area contributed by atoms with Crippen LogP contribution in [0.4, 0.5) is 10.5 Å². The molecular weight excluding hydrogens is 224 g/mol. The average Bonchev–Trinajstić information content (AvgIpc) is 2.36. The second-order valence-corrected chi connectivity index (χ2v) is 3.28. The Labute approximate surface area is 98.5 Å². The minimum Gasteiger partial charge on any atom is -0.449 e. The molecule has 0 heterocycles. The quantitative estimate of drug-likeness (QED) is 0.551. The zero-order valence-corrected chi connectivity index (χ0v) is 9.40. The second kappa shape index (κ2) is 6.49. The zero-order chi connectivity index (χ0) is 12.7. The minimum atomic E-state index is -0.606. The molecule has 92 valence electrons. The molecule has 0 aromatic heterocycles. The van der Waals surface area contributed by atoms with Crippen molar-refractivity contribution in [1.29, 1.82) is 0 Å². The van der Waals surface area contributed by atoms with Gasteiger partial charge in [0.05, 0.1) is 6.61 Å². The van der Waals surface area contributed by atoms with Gasteiger partial charge in [0, 0.05) is 11.3 Å². The molecule has 0 aliphatic carbocycles. The Balaban J connectivity index is 2.56. The Bertz CT molecular complexity index is 389. The third-order valence-corrected chi connectivity index (χ3v) is 1.93. The summed E-state index contributed by atoms with van der Waals surface area (Å²) in [4.78, 5) is 22.2. The van der Waals surface area contributed by atoms with Gasteiger partial charge >= 0.3 is 6.09 Å². The highest BCUT2D eigenvalue weighted by molar-refractivity contribution is 5.94. The largest absolute Gasteiger partial charge is 0.449 e. The Morgan fingerprint density at radius 1 is 1.29 bits per heavy atom. The topological polar surface area (TPSA) is 87.7 Å². The molecule has 6 nitrogen and oxygen atoms in total. The van der Waals surface area contributed by atoms with E-state index >= 15 is 0 Å². The highest BCUT2D eigenvalue weighted by Crippen LogP contribution is 2.09. The first-order valence-electron chi connectivity index (χ1n) is 5.15. The summed E-state index contributed by atoms with van der Waals surface area (Å²) in [5, 5.41) is 10.9. The summed E-state index contributed by atoms with van der Waals surface area (Å²) in [6, 6.07) is 6.03. The van der Waals surface area contributed by atoms with Gasteiger partial charge < -0.3 is 4.74 Å². The summed E-state index contributed by atoms with van der Waals surface area (Å²) in [6.45, 7) is 2.26. The van der Waals surface area contributed by atoms with E-state index < -0.39 is 12.0 Å². The number of hydrogen-bond acceptors (Lipinski definition) is 4. The molecular formula is C11H14N2O4. The molecule has 0 radical (unpaired) electrons. The van der Waals surface area contributed by atoms with Crippen LogP contribution >= 0.6 is 0 Å². The molecule has 0 aliphatic heterocycles. The summed E-state index contributed by atoms with van der Waals surface area (Å²) in [5.74, 6) is -0.606. The van der Waals surface area contributed by atoms with Gasteiger partial charge in [-0.15, -0.1) is 0 Å². The molecule has 1 aromatic rings. The summed E-state index contributed by atoms with van der Waals surface area (Å²) >= 11 is 0. The maximum atomic E-state index is 11.2. The Morgan fingerprint density at radius 2 is 1.94 bits per heavy atom. The summed E-state index contributed by atoms with van der Waals surface area (Å²) in [5.41, 5.74) is 2.32. The van der Waals surface area contributed by atoms with Crippen molar-refractivity contribution in [3.63, 3.8) is 0 Å². The maximum Gasteiger partial charge on any atom is 0.411 e. The molecule has 1 aromatic carbocycles. The van der Waals surface area contributed by atoms with Crippen LogP contribution in [0.25, 0.3) is 0 Å². The number of carbonyl (C=O) groups is 2. The number of hydrogen-bond donors (Lipinski definition) is 3. The standard InChI is InChI=1S/C11H14N2O4/c1-2-7-17-11(15)12-9-5-3-8(4-6-9)10(14)13-16/h3-6,16H,2,7H2,1H3,(H,12,15)(H,13,14). The van der Waals surface area contributed by atoms with Gasteiger partial charge in [-0.1, -0.05) is 6.92 Å². The van der Waals surface area contributed by atoms with Gasteiger partial charge in [-0.2, -0.15) is 0 Å². The first-order chi connectivity index (χ1) is 8.17. The number of benzene rings is 1. The van der Waals surface area contributed by atoms with Crippen LogP contribution in [-0.2, 0) is 4.74 Å². The monoisotopic (exact) mass is 238 g/mol. The van der Waals surface area contributed by atoms with Gasteiger partial charge in [0.25, 0.3) is 5.91 Å². The molecule has 0 atom stereocenters. The van der Waals surface area contributed by atoms with Crippen LogP contribution in [0.3, 0.4) is 0 Å². The minimum absolute atomic E-state index is 0.292. The second-order valence-electron chi connectivity index (χ2n) is 3.28. The number of amides is 2. The van der Waals surface area contributed by atoms with Crippen LogP contribution in [0.2, 0.25) is 0 Å². The lowest BCUT2D eigenvalue weighted by molar-refractivity contribution is 0.0706. The third kappa shape index (κ3) is 4.12. The van der Waals surface area contributed by atoms with E-state index in [2.05, 4.69) is 5.32 Å². The summed E-state index contributed by atoms with van der Waals surface area (Å²) < 4.78 is 4.82. The van der Waals surface area contributed by atoms with E-state index in [0.29, 0.717) is 17.9 Å². The Hall–Kier alpha value is -2.08. The van der Waals surface area contributed by atoms with E-state index in [0.717, 1.165) is 6.42 Å². The van der Waals surface area contributed by atoms with E-state index in [9.17, 15) is 9.59 Å². The Morgan fingerprint density at radius 3 is 2.47 bits per heavy atom. The number of carbonyl (C=O) groups excluding carboxylic acids is 2. The van der Waals surface area contributed by atoms with E-state index in [1.807, 2.05) is 6.92 Å². The number of rotatable bonds is 4. The molecule has 0 fully saturated rings. The van der Waals surface area contributed by atoms with Crippen molar-refractivity contribution >= 4 is 17.7 Å². The predicted molar refractivity (Wildman–Crippen MR) is 61.0 cm³/mol. The fourth-order valence-electron chi connectivity index (χ4n) is 1.12. The smallest absolute Gasteiger partial charge is 0.411 e. The molecule has 2 amide bonds. The highest BCUT2D eigenvalue weighted by atomic mass is 16.5.